The Morgan fingerprint density at radius 1 is 1.29 bits per heavy atom. The molecule has 92 valence electrons. The molecule has 0 heterocycles. The number of esters is 1. The highest BCUT2D eigenvalue weighted by Crippen LogP contribution is 2.20. The molecule has 1 rings (SSSR count). The Labute approximate surface area is 100 Å². The first-order valence-corrected chi connectivity index (χ1v) is 5.23. The third-order valence-corrected chi connectivity index (χ3v) is 2.32. The average Bonchev–Trinajstić information content (AvgIpc) is 2.38. The molecule has 0 aliphatic rings. The highest BCUT2D eigenvalue weighted by atomic mass is 16.5. The number of aliphatic hydroxyl groups is 1. The Balaban J connectivity index is 2.69. The molecule has 0 aromatic heterocycles. The van der Waals surface area contributed by atoms with Crippen molar-refractivity contribution in [3.8, 4) is 0 Å². The van der Waals surface area contributed by atoms with Crippen molar-refractivity contribution in [2.45, 2.75) is 12.5 Å². The van der Waals surface area contributed by atoms with Crippen LogP contribution in [0.3, 0.4) is 0 Å². The monoisotopic (exact) mass is 236 g/mol. The Bertz CT molecular complexity index is 384. The molecule has 1 atom stereocenters. The summed E-state index contributed by atoms with van der Waals surface area (Å²) in [5.74, 6) is -0.115. The Kier molecular flexibility index (Phi) is 5.23. The molecular weight excluding hydrogens is 220 g/mol. The minimum Gasteiger partial charge on any atom is -0.501 e. The van der Waals surface area contributed by atoms with E-state index in [1.807, 2.05) is 30.3 Å². The van der Waals surface area contributed by atoms with Gasteiger partial charge in [0.25, 0.3) is 0 Å². The van der Waals surface area contributed by atoms with Crippen LogP contribution in [0.15, 0.2) is 42.2 Å². The molecule has 17 heavy (non-hydrogen) atoms. The molecule has 0 radical (unpaired) electrons. The lowest BCUT2D eigenvalue weighted by molar-refractivity contribution is -0.135. The average molecular weight is 236 g/mol. The van der Waals surface area contributed by atoms with Crippen LogP contribution in [0.4, 0.5) is 0 Å². The van der Waals surface area contributed by atoms with E-state index in [1.165, 1.54) is 20.3 Å². The molecule has 1 unspecified atom stereocenters. The lowest BCUT2D eigenvalue weighted by atomic mass is 10.1. The third-order valence-electron chi connectivity index (χ3n) is 2.32. The molecule has 4 nitrogen and oxygen atoms in total. The molecular formula is C13H16O4. The Morgan fingerprint density at radius 2 is 1.94 bits per heavy atom. The van der Waals surface area contributed by atoms with Crippen molar-refractivity contribution in [2.75, 3.05) is 14.2 Å². The van der Waals surface area contributed by atoms with E-state index in [4.69, 9.17) is 4.74 Å². The summed E-state index contributed by atoms with van der Waals surface area (Å²) >= 11 is 0. The standard InChI is InChI=1S/C13H16O4/c1-16-11(9-13(15)17-2)8-12(14)10-6-4-3-5-7-10/h3-7,9,12,14H,8H2,1-2H3/b11-9-. The van der Waals surface area contributed by atoms with Gasteiger partial charge < -0.3 is 14.6 Å². The summed E-state index contributed by atoms with van der Waals surface area (Å²) in [6.07, 6.45) is 0.758. The van der Waals surface area contributed by atoms with Crippen LogP contribution in [-0.4, -0.2) is 25.3 Å². The molecule has 0 fully saturated rings. The van der Waals surface area contributed by atoms with Gasteiger partial charge in [0.1, 0.15) is 5.76 Å². The number of carbonyl (C=O) groups excluding carboxylic acids is 1. The van der Waals surface area contributed by atoms with Crippen LogP contribution in [0.2, 0.25) is 0 Å². The van der Waals surface area contributed by atoms with Gasteiger partial charge in [-0.3, -0.25) is 0 Å². The maximum Gasteiger partial charge on any atom is 0.333 e. The van der Waals surface area contributed by atoms with E-state index in [9.17, 15) is 9.90 Å². The van der Waals surface area contributed by atoms with Crippen LogP contribution in [0.25, 0.3) is 0 Å². The van der Waals surface area contributed by atoms with Crippen LogP contribution in [-0.2, 0) is 14.3 Å². The summed E-state index contributed by atoms with van der Waals surface area (Å²) in [5.41, 5.74) is 0.778. The molecule has 1 N–H and O–H groups in total. The topological polar surface area (TPSA) is 55.8 Å². The van der Waals surface area contributed by atoms with Gasteiger partial charge in [0, 0.05) is 6.42 Å². The predicted molar refractivity (Wildman–Crippen MR) is 63.1 cm³/mol. The molecule has 0 spiro atoms. The maximum atomic E-state index is 11.0. The van der Waals surface area contributed by atoms with Gasteiger partial charge in [0.05, 0.1) is 26.4 Å². The lowest BCUT2D eigenvalue weighted by Crippen LogP contribution is -2.04. The zero-order chi connectivity index (χ0) is 12.7. The van der Waals surface area contributed by atoms with Crippen molar-refractivity contribution in [2.24, 2.45) is 0 Å². The molecule has 1 aromatic carbocycles. The van der Waals surface area contributed by atoms with Gasteiger partial charge in [0.15, 0.2) is 0 Å². The minimum atomic E-state index is -0.702. The number of benzene rings is 1. The number of hydrogen-bond acceptors (Lipinski definition) is 4. The fourth-order valence-corrected chi connectivity index (χ4v) is 1.38. The Morgan fingerprint density at radius 3 is 2.47 bits per heavy atom. The second-order valence-electron chi connectivity index (χ2n) is 3.47. The zero-order valence-corrected chi connectivity index (χ0v) is 9.92. The summed E-state index contributed by atoms with van der Waals surface area (Å²) in [4.78, 5) is 11.0. The number of carbonyl (C=O) groups is 1. The van der Waals surface area contributed by atoms with Crippen LogP contribution < -0.4 is 0 Å². The van der Waals surface area contributed by atoms with E-state index in [2.05, 4.69) is 4.74 Å². The molecule has 0 bridgehead atoms. The number of aliphatic hydroxyl groups excluding tert-OH is 1. The first kappa shape index (κ1) is 13.3. The number of hydrogen-bond donors (Lipinski definition) is 1. The summed E-state index contributed by atoms with van der Waals surface area (Å²) in [6.45, 7) is 0. The van der Waals surface area contributed by atoms with Crippen molar-refractivity contribution in [3.05, 3.63) is 47.7 Å². The third kappa shape index (κ3) is 4.28. The molecule has 4 heteroatoms. The second-order valence-corrected chi connectivity index (χ2v) is 3.47. The number of rotatable bonds is 5. The SMILES string of the molecule is COC(=O)/C=C(/CC(O)c1ccccc1)OC. The fourth-order valence-electron chi connectivity index (χ4n) is 1.38. The van der Waals surface area contributed by atoms with E-state index in [1.54, 1.807) is 0 Å². The van der Waals surface area contributed by atoms with Gasteiger partial charge in [-0.15, -0.1) is 0 Å². The van der Waals surface area contributed by atoms with Crippen molar-refractivity contribution >= 4 is 5.97 Å². The van der Waals surface area contributed by atoms with Crippen LogP contribution in [0.5, 0.6) is 0 Å². The van der Waals surface area contributed by atoms with Crippen molar-refractivity contribution in [1.82, 2.24) is 0 Å². The first-order valence-electron chi connectivity index (χ1n) is 5.23. The van der Waals surface area contributed by atoms with Gasteiger partial charge in [-0.25, -0.2) is 4.79 Å². The van der Waals surface area contributed by atoms with Crippen molar-refractivity contribution in [3.63, 3.8) is 0 Å². The first-order chi connectivity index (χ1) is 8.17. The molecule has 0 saturated heterocycles. The van der Waals surface area contributed by atoms with Gasteiger partial charge in [-0.2, -0.15) is 0 Å². The second kappa shape index (κ2) is 6.70. The van der Waals surface area contributed by atoms with E-state index < -0.39 is 12.1 Å². The van der Waals surface area contributed by atoms with Gasteiger partial charge in [-0.05, 0) is 5.56 Å². The lowest BCUT2D eigenvalue weighted by Gasteiger charge is -2.12. The van der Waals surface area contributed by atoms with E-state index in [0.29, 0.717) is 5.76 Å². The largest absolute Gasteiger partial charge is 0.501 e. The number of ether oxygens (including phenoxy) is 2. The summed E-state index contributed by atoms with van der Waals surface area (Å²) in [5, 5.41) is 9.93. The highest BCUT2D eigenvalue weighted by molar-refractivity contribution is 5.82. The minimum absolute atomic E-state index is 0.232. The Hall–Kier alpha value is -1.81. The molecule has 0 aliphatic heterocycles. The maximum absolute atomic E-state index is 11.0. The highest BCUT2D eigenvalue weighted by Gasteiger charge is 2.11. The molecule has 0 aliphatic carbocycles. The van der Waals surface area contributed by atoms with Crippen molar-refractivity contribution < 1.29 is 19.4 Å². The summed E-state index contributed by atoms with van der Waals surface area (Å²) in [7, 11) is 2.74. The van der Waals surface area contributed by atoms with Crippen LogP contribution in [0.1, 0.15) is 18.1 Å². The van der Waals surface area contributed by atoms with Gasteiger partial charge in [-0.1, -0.05) is 30.3 Å². The molecule has 1 aromatic rings. The predicted octanol–water partition coefficient (Wildman–Crippen LogP) is 1.81. The van der Waals surface area contributed by atoms with Gasteiger partial charge in [0.2, 0.25) is 0 Å². The number of methoxy groups -OCH3 is 2. The normalized spacial score (nSPS) is 13.0. The molecule has 0 amide bonds. The van der Waals surface area contributed by atoms with Gasteiger partial charge >= 0.3 is 5.97 Å². The smallest absolute Gasteiger partial charge is 0.333 e. The molecule has 0 saturated carbocycles. The zero-order valence-electron chi connectivity index (χ0n) is 9.92. The van der Waals surface area contributed by atoms with E-state index in [-0.39, 0.29) is 6.42 Å². The van der Waals surface area contributed by atoms with Crippen LogP contribution >= 0.6 is 0 Å². The summed E-state index contributed by atoms with van der Waals surface area (Å²) < 4.78 is 9.51. The summed E-state index contributed by atoms with van der Waals surface area (Å²) in [6, 6.07) is 9.19. The van der Waals surface area contributed by atoms with E-state index in [0.717, 1.165) is 5.56 Å². The quantitative estimate of drug-likeness (QED) is 0.481. The van der Waals surface area contributed by atoms with Crippen molar-refractivity contribution in [1.29, 1.82) is 0 Å². The fraction of sp³-hybridized carbons (Fsp3) is 0.308. The van der Waals surface area contributed by atoms with E-state index >= 15 is 0 Å². The van der Waals surface area contributed by atoms with Crippen LogP contribution in [0, 0.1) is 0 Å².